The van der Waals surface area contributed by atoms with Crippen molar-refractivity contribution in [2.45, 2.75) is 320 Å². The summed E-state index contributed by atoms with van der Waals surface area (Å²) in [7, 11) is -3.75. The molecule has 0 radical (unpaired) electrons. The number of carbonyl (C=O) groups is 8. The fourth-order valence-electron chi connectivity index (χ4n) is 13.8. The molecule has 0 aliphatic carbocycles. The van der Waals surface area contributed by atoms with Gasteiger partial charge in [0, 0.05) is 129 Å². The maximum atomic E-state index is 14.0. The molecule has 113 heavy (non-hydrogen) atoms. The number of β-amino-alcohol motifs (C(OH)–C–C–N with tert-alkyl or cyclic N) is 1. The zero-order valence-corrected chi connectivity index (χ0v) is 69.1. The first-order chi connectivity index (χ1) is 54.0. The zero-order valence-electron chi connectivity index (χ0n) is 68.2. The summed E-state index contributed by atoms with van der Waals surface area (Å²) in [5, 5.41) is 92.4. The SMILES string of the molecule is CCC1O[C@@H](OCCCCC(=O)NCCCNC(=O)CCOCC(NC(=O)CCCCCCCCCCC(=O)N2C[C@H](O)C[C@H]2COP(C)(=O)O)(OCCC(=O)NCCCNC(=O)CCCCO[C@@H]2OC(CC)[C@H](C)C(O)C2O)OCCC(=O)NCCCNC(=O)CCCCO[C@@H]2OC(CC)[C@H](C)C(O)C2O)C(O)C(O)[C@H]1C. The molecule has 15 N–H and O–H groups in total. The van der Waals surface area contributed by atoms with Gasteiger partial charge in [0.15, 0.2) is 18.9 Å². The number of aliphatic hydroxyl groups is 7. The van der Waals surface area contributed by atoms with Crippen molar-refractivity contribution in [1.82, 2.24) is 42.1 Å². The van der Waals surface area contributed by atoms with Gasteiger partial charge >= 0.3 is 7.60 Å². The predicted octanol–water partition coefficient (Wildman–Crippen LogP) is 2.58. The van der Waals surface area contributed by atoms with Crippen LogP contribution in [0.1, 0.15) is 228 Å². The van der Waals surface area contributed by atoms with Crippen LogP contribution in [0, 0.1) is 17.8 Å². The van der Waals surface area contributed by atoms with Crippen LogP contribution >= 0.6 is 7.60 Å². The third-order valence-electron chi connectivity index (χ3n) is 20.8. The lowest BCUT2D eigenvalue weighted by molar-refractivity contribution is -0.283. The third kappa shape index (κ3) is 40.5. The molecule has 4 aliphatic rings. The Kier molecular flexibility index (Phi) is 50.4. The third-order valence-corrected chi connectivity index (χ3v) is 21.4. The first kappa shape index (κ1) is 101. The Morgan fingerprint density at radius 1 is 0.416 bits per heavy atom. The first-order valence-electron chi connectivity index (χ1n) is 41.6. The Labute approximate surface area is 667 Å². The van der Waals surface area contributed by atoms with Gasteiger partial charge in [-0.15, -0.1) is 0 Å². The van der Waals surface area contributed by atoms with E-state index in [2.05, 4.69) is 37.2 Å². The standard InChI is InChI=1S/C77H141N8O27P/c1-8-57-52(4)68(95)71(98)74(110-57)104-42-22-19-28-60(87)78-36-25-39-81-63(90)33-45-103-51-77(84-66(93)31-17-15-13-11-12-14-16-18-32-67(94)85-49-56(86)48-55(85)50-109-113(7,101)102,107-46-34-64(91)82-40-26-37-79-61(88)29-20-23-43-105-75-72(99)69(96)53(5)58(9-2)111-75)108-47-35-65(92)83-41-27-38-80-62(89)30-21-24-44-106-76-73(100)70(97)54(6)59(10-3)112-76/h52-59,68-76,86,95-100H,8-51H2,1-7H3,(H,78,87)(H,79,88)(H,80,89)(H,81,90)(H,82,91)(H,83,92)(H,84,93)(H,101,102)/t52-,53-,54-,55-,56+,57?,58?,59?,68?,69?,70?,71?,72?,73?,74+,75+,76+,77?/m0/s1. The predicted molar refractivity (Wildman–Crippen MR) is 413 cm³/mol. The van der Waals surface area contributed by atoms with Crippen molar-refractivity contribution in [1.29, 1.82) is 0 Å². The molecule has 0 bridgehead atoms. The summed E-state index contributed by atoms with van der Waals surface area (Å²) >= 11 is 0. The van der Waals surface area contributed by atoms with E-state index in [1.807, 2.05) is 41.5 Å². The fraction of sp³-hybridized carbons (Fsp3) is 0.896. The smallest absolute Gasteiger partial charge is 0.325 e. The first-order valence-corrected chi connectivity index (χ1v) is 43.6. The Bertz CT molecular complexity index is 2680. The van der Waals surface area contributed by atoms with E-state index in [9.17, 15) is 83.6 Å². The molecular weight excluding hydrogens is 1500 g/mol. The van der Waals surface area contributed by atoms with Crippen LogP contribution < -0.4 is 37.2 Å². The van der Waals surface area contributed by atoms with Crippen LogP contribution in [0.2, 0.25) is 0 Å². The number of amides is 8. The summed E-state index contributed by atoms with van der Waals surface area (Å²) < 4.78 is 69.9. The molecular formula is C77H141N8O27P. The van der Waals surface area contributed by atoms with Gasteiger partial charge in [0.05, 0.1) is 88.0 Å². The van der Waals surface area contributed by atoms with Crippen molar-refractivity contribution in [2.75, 3.05) is 105 Å². The molecule has 4 fully saturated rings. The van der Waals surface area contributed by atoms with Gasteiger partial charge in [0.25, 0.3) is 5.91 Å². The Hall–Kier alpha value is -4.73. The molecule has 4 aliphatic heterocycles. The van der Waals surface area contributed by atoms with Crippen LogP contribution in [-0.4, -0.2) is 290 Å². The molecule has 0 aromatic carbocycles. The highest BCUT2D eigenvalue weighted by molar-refractivity contribution is 7.51. The van der Waals surface area contributed by atoms with Crippen LogP contribution in [0.5, 0.6) is 0 Å². The molecule has 0 aromatic rings. The largest absolute Gasteiger partial charge is 0.391 e. The van der Waals surface area contributed by atoms with Crippen LogP contribution in [0.4, 0.5) is 0 Å². The van der Waals surface area contributed by atoms with Crippen molar-refractivity contribution in [3.05, 3.63) is 0 Å². The molecule has 0 aromatic heterocycles. The number of hydrogen-bond acceptors (Lipinski definition) is 26. The number of aliphatic hydroxyl groups excluding tert-OH is 7. The van der Waals surface area contributed by atoms with Gasteiger partial charge in [-0.05, 0) is 96.3 Å². The van der Waals surface area contributed by atoms with E-state index in [4.69, 9.17) is 47.2 Å². The van der Waals surface area contributed by atoms with Gasteiger partial charge in [0.2, 0.25) is 47.3 Å². The monoisotopic (exact) mass is 1640 g/mol. The molecule has 36 heteroatoms. The average molecular weight is 1640 g/mol. The number of likely N-dealkylation sites (tertiary alicyclic amines) is 1. The second-order valence-electron chi connectivity index (χ2n) is 30.3. The van der Waals surface area contributed by atoms with Crippen LogP contribution in [0.3, 0.4) is 0 Å². The minimum absolute atomic E-state index is 0.0289. The second kappa shape index (κ2) is 56.6. The molecule has 10 unspecified atom stereocenters. The second-order valence-corrected chi connectivity index (χ2v) is 32.2. The quantitative estimate of drug-likeness (QED) is 0.0236. The van der Waals surface area contributed by atoms with E-state index < -0.39 is 105 Å². The Morgan fingerprint density at radius 3 is 1.09 bits per heavy atom. The number of hydrogen-bond donors (Lipinski definition) is 15. The zero-order chi connectivity index (χ0) is 83.1. The number of nitrogens with zero attached hydrogens (tertiary/aromatic N) is 1. The highest BCUT2D eigenvalue weighted by Gasteiger charge is 2.45. The number of carbonyl (C=O) groups excluding carboxylic acids is 8. The fourth-order valence-corrected chi connectivity index (χ4v) is 14.2. The van der Waals surface area contributed by atoms with Crippen molar-refractivity contribution >= 4 is 54.9 Å². The van der Waals surface area contributed by atoms with E-state index in [-0.39, 0.29) is 215 Å². The van der Waals surface area contributed by atoms with E-state index in [1.54, 1.807) is 0 Å². The van der Waals surface area contributed by atoms with Crippen molar-refractivity contribution < 1.29 is 131 Å². The summed E-state index contributed by atoms with van der Waals surface area (Å²) in [6.45, 7) is 13.1. The van der Waals surface area contributed by atoms with E-state index in [1.165, 1.54) is 4.90 Å². The lowest BCUT2D eigenvalue weighted by atomic mass is 9.89. The van der Waals surface area contributed by atoms with Crippen LogP contribution in [-0.2, 0) is 90.1 Å². The summed E-state index contributed by atoms with van der Waals surface area (Å²) in [6.07, 6.45) is 1.97. The van der Waals surface area contributed by atoms with Gasteiger partial charge in [-0.3, -0.25) is 42.9 Å². The number of nitrogens with one attached hydrogen (secondary N) is 7. The molecule has 656 valence electrons. The number of ether oxygens (including phenoxy) is 9. The van der Waals surface area contributed by atoms with Gasteiger partial charge in [-0.1, -0.05) is 80.1 Å². The van der Waals surface area contributed by atoms with Crippen molar-refractivity contribution in [3.63, 3.8) is 0 Å². The summed E-state index contributed by atoms with van der Waals surface area (Å²) in [4.78, 5) is 116. The lowest BCUT2D eigenvalue weighted by Crippen LogP contribution is -2.57. The van der Waals surface area contributed by atoms with Crippen molar-refractivity contribution in [2.24, 2.45) is 17.8 Å². The maximum absolute atomic E-state index is 14.0. The molecule has 0 saturated carbocycles. The molecule has 4 heterocycles. The molecule has 35 nitrogen and oxygen atoms in total. The number of rotatable bonds is 61. The number of unbranched alkanes of at least 4 members (excludes halogenated alkanes) is 10. The van der Waals surface area contributed by atoms with E-state index >= 15 is 0 Å². The Balaban J connectivity index is 1.29. The van der Waals surface area contributed by atoms with Crippen LogP contribution in [0.25, 0.3) is 0 Å². The van der Waals surface area contributed by atoms with Gasteiger partial charge in [-0.25, -0.2) is 0 Å². The minimum atomic E-state index is -3.75. The van der Waals surface area contributed by atoms with Gasteiger partial charge in [-0.2, -0.15) is 0 Å². The highest BCUT2D eigenvalue weighted by Crippen LogP contribution is 2.38. The topological polar surface area (TPSA) is 495 Å². The van der Waals surface area contributed by atoms with E-state index in [0.29, 0.717) is 96.3 Å². The summed E-state index contributed by atoms with van der Waals surface area (Å²) in [5.41, 5.74) is 0. The van der Waals surface area contributed by atoms with Crippen LogP contribution in [0.15, 0.2) is 0 Å². The molecule has 4 saturated heterocycles. The normalized spacial score (nSPS) is 26.9. The van der Waals surface area contributed by atoms with E-state index in [0.717, 1.165) is 38.8 Å². The highest BCUT2D eigenvalue weighted by atomic mass is 31.2. The molecule has 18 atom stereocenters. The minimum Gasteiger partial charge on any atom is -0.391 e. The maximum Gasteiger partial charge on any atom is 0.325 e. The Morgan fingerprint density at radius 2 is 0.735 bits per heavy atom. The molecule has 0 spiro atoms. The van der Waals surface area contributed by atoms with Gasteiger partial charge in [0.1, 0.15) is 24.9 Å². The summed E-state index contributed by atoms with van der Waals surface area (Å²) in [5.74, 6) is -5.26. The van der Waals surface area contributed by atoms with Crippen molar-refractivity contribution in [3.8, 4) is 0 Å². The summed E-state index contributed by atoms with van der Waals surface area (Å²) in [6, 6.07) is -0.479. The van der Waals surface area contributed by atoms with Gasteiger partial charge < -0.3 is 130 Å². The average Bonchev–Trinajstić information content (AvgIpc) is 1.51. The molecule has 8 amide bonds. The lowest BCUT2D eigenvalue weighted by Gasteiger charge is -2.41. The molecule has 4 rings (SSSR count).